The summed E-state index contributed by atoms with van der Waals surface area (Å²) >= 11 is 40.9. The van der Waals surface area contributed by atoms with Gasteiger partial charge in [-0.1, -0.05) is 118 Å². The Kier molecular flexibility index (Phi) is 14.9. The van der Waals surface area contributed by atoms with Crippen molar-refractivity contribution < 1.29 is 0 Å². The van der Waals surface area contributed by atoms with Crippen molar-refractivity contribution in [3.63, 3.8) is 0 Å². The lowest BCUT2D eigenvalue weighted by molar-refractivity contribution is 0.308. The molecule has 2 fully saturated rings. The summed E-state index contributed by atoms with van der Waals surface area (Å²) in [5.74, 6) is 2.53. The van der Waals surface area contributed by atoms with Crippen molar-refractivity contribution in [3.05, 3.63) is 80.3 Å². The number of fused-ring (bicyclic) bond motifs is 8. The summed E-state index contributed by atoms with van der Waals surface area (Å²) < 4.78 is 21.2. The van der Waals surface area contributed by atoms with Crippen molar-refractivity contribution in [1.82, 2.24) is 0 Å². The largest absolute Gasteiger partial charge is 0.121 e. The molecule has 0 nitrogen and oxygen atoms in total. The van der Waals surface area contributed by atoms with Gasteiger partial charge in [-0.25, -0.2) is 0 Å². The standard InChI is InChI=1S/C33H32S20/c1-34-22-23(35-2)43-17-11-9-10(16(17)42-22)12-13(11)15(21-48-26(38-5)27(39-6)49-21)19-18(14(12)20-46-24(36-3)25(37-4)47-20)44-30-31(45-19)53-33(52-30)32-50-28(40-7)29(41-8)51-32/h10-13,16-17H,9H2,1-8H3. The molecule has 0 aromatic heterocycles. The number of rotatable bonds is 8. The molecule has 2 saturated carbocycles. The van der Waals surface area contributed by atoms with Gasteiger partial charge in [0.25, 0.3) is 0 Å². The van der Waals surface area contributed by atoms with Crippen molar-refractivity contribution >= 4 is 235 Å². The van der Waals surface area contributed by atoms with Crippen molar-refractivity contribution in [2.75, 3.05) is 50.0 Å². The molecule has 53 heavy (non-hydrogen) atoms. The maximum atomic E-state index is 2.30. The molecule has 9 rings (SSSR count). The van der Waals surface area contributed by atoms with Crippen LogP contribution in [0.4, 0.5) is 0 Å². The summed E-state index contributed by atoms with van der Waals surface area (Å²) in [7, 11) is 0. The first-order valence-electron chi connectivity index (χ1n) is 16.0. The molecule has 6 aliphatic heterocycles. The van der Waals surface area contributed by atoms with Crippen LogP contribution < -0.4 is 0 Å². The molecule has 6 heterocycles. The normalized spacial score (nSPS) is 32.6. The van der Waals surface area contributed by atoms with Gasteiger partial charge in [-0.2, -0.15) is 0 Å². The Morgan fingerprint density at radius 2 is 0.623 bits per heavy atom. The average molecular weight is 1070 g/mol. The molecular weight excluding hydrogens is 1040 g/mol. The lowest BCUT2D eigenvalue weighted by Gasteiger charge is -2.48. The minimum atomic E-state index is 0.566. The average Bonchev–Trinajstić information content (AvgIpc) is 4.05. The van der Waals surface area contributed by atoms with Crippen molar-refractivity contribution in [2.45, 2.75) is 16.9 Å². The predicted octanol–water partition coefficient (Wildman–Crippen LogP) is 17.8. The lowest BCUT2D eigenvalue weighted by Crippen LogP contribution is -2.43. The highest BCUT2D eigenvalue weighted by atomic mass is 32.3. The van der Waals surface area contributed by atoms with Crippen LogP contribution >= 0.6 is 235 Å². The highest BCUT2D eigenvalue weighted by molar-refractivity contribution is 8.46. The van der Waals surface area contributed by atoms with E-state index < -0.39 is 0 Å². The maximum Gasteiger partial charge on any atom is 0.0718 e. The Hall–Kier alpha value is 4.66. The third-order valence-electron chi connectivity index (χ3n) is 9.67. The number of hydrogen-bond donors (Lipinski definition) is 0. The van der Waals surface area contributed by atoms with Gasteiger partial charge in [-0.3, -0.25) is 0 Å². The summed E-state index contributed by atoms with van der Waals surface area (Å²) in [5.41, 5.74) is 3.43. The topological polar surface area (TPSA) is 0 Å². The molecule has 0 radical (unpaired) electrons. The molecular formula is C33H32S20. The van der Waals surface area contributed by atoms with E-state index in [9.17, 15) is 0 Å². The first kappa shape index (κ1) is 42.9. The predicted molar refractivity (Wildman–Crippen MR) is 289 cm³/mol. The van der Waals surface area contributed by atoms with Gasteiger partial charge in [-0.15, -0.1) is 118 Å². The molecule has 0 amide bonds. The zero-order chi connectivity index (χ0) is 36.7. The SMILES string of the molecule is CSC1=C(SC)SC(=C2SC3=C(S2)SC2=C(S3)C(=C3SC(SC)=C(SC)S3)C3C4CC(C5SC(SC)=C(SC)SC45)C3C2=C2SC(SC)=C(SC)S2)S1. The van der Waals surface area contributed by atoms with E-state index in [1.165, 1.54) is 48.8 Å². The van der Waals surface area contributed by atoms with Crippen LogP contribution in [-0.2, 0) is 0 Å². The van der Waals surface area contributed by atoms with Gasteiger partial charge in [0, 0.05) is 20.3 Å². The van der Waals surface area contributed by atoms with Gasteiger partial charge in [-0.05, 0) is 91.3 Å². The highest BCUT2D eigenvalue weighted by Crippen LogP contribution is 2.78. The van der Waals surface area contributed by atoms with Crippen LogP contribution in [-0.4, -0.2) is 60.5 Å². The fourth-order valence-electron chi connectivity index (χ4n) is 7.75. The zero-order valence-corrected chi connectivity index (χ0v) is 45.7. The molecule has 0 N–H and O–H groups in total. The summed E-state index contributed by atoms with van der Waals surface area (Å²) in [6, 6.07) is 0. The summed E-state index contributed by atoms with van der Waals surface area (Å²) in [4.78, 5) is 3.20. The van der Waals surface area contributed by atoms with E-state index in [0.29, 0.717) is 34.2 Å². The molecule has 2 bridgehead atoms. The van der Waals surface area contributed by atoms with Gasteiger partial charge >= 0.3 is 0 Å². The van der Waals surface area contributed by atoms with E-state index in [2.05, 4.69) is 168 Å². The molecule has 0 spiro atoms. The molecule has 9 aliphatic rings. The minimum absolute atomic E-state index is 0.566. The van der Waals surface area contributed by atoms with Gasteiger partial charge in [0.1, 0.15) is 0 Å². The molecule has 3 aliphatic carbocycles. The Labute approximate surface area is 400 Å². The summed E-state index contributed by atoms with van der Waals surface area (Å²) in [6.45, 7) is 0. The molecule has 20 heteroatoms. The first-order chi connectivity index (χ1) is 25.9. The lowest BCUT2D eigenvalue weighted by atomic mass is 9.69. The Balaban J connectivity index is 1.18. The monoisotopic (exact) mass is 1070 g/mol. The van der Waals surface area contributed by atoms with E-state index in [0.717, 1.165) is 0 Å². The van der Waals surface area contributed by atoms with Gasteiger partial charge < -0.3 is 0 Å². The molecule has 6 unspecified atom stereocenters. The van der Waals surface area contributed by atoms with Crippen molar-refractivity contribution in [2.24, 2.45) is 23.7 Å². The van der Waals surface area contributed by atoms with Crippen LogP contribution in [0.1, 0.15) is 6.42 Å². The zero-order valence-electron chi connectivity index (χ0n) is 29.3. The van der Waals surface area contributed by atoms with E-state index >= 15 is 0 Å². The number of hydrogen-bond acceptors (Lipinski definition) is 20. The highest BCUT2D eigenvalue weighted by Gasteiger charge is 2.65. The van der Waals surface area contributed by atoms with Crippen LogP contribution in [0.15, 0.2) is 80.3 Å². The van der Waals surface area contributed by atoms with Gasteiger partial charge in [0.15, 0.2) is 0 Å². The Morgan fingerprint density at radius 3 is 0.943 bits per heavy atom. The van der Waals surface area contributed by atoms with E-state index in [1.807, 2.05) is 118 Å². The second kappa shape index (κ2) is 18.4. The maximum absolute atomic E-state index is 2.30. The van der Waals surface area contributed by atoms with E-state index in [-0.39, 0.29) is 0 Å². The Bertz CT molecular complexity index is 1770. The van der Waals surface area contributed by atoms with Gasteiger partial charge in [0.05, 0.1) is 59.3 Å². The van der Waals surface area contributed by atoms with Gasteiger partial charge in [0.2, 0.25) is 0 Å². The third kappa shape index (κ3) is 7.66. The van der Waals surface area contributed by atoms with Crippen LogP contribution in [0.3, 0.4) is 0 Å². The van der Waals surface area contributed by atoms with E-state index in [1.54, 1.807) is 37.9 Å². The fourth-order valence-corrected chi connectivity index (χ4v) is 35.9. The smallest absolute Gasteiger partial charge is 0.0718 e. The fraction of sp³-hybridized carbons (Fsp3) is 0.455. The molecule has 0 saturated heterocycles. The molecule has 0 aromatic rings. The van der Waals surface area contributed by atoms with Crippen LogP contribution in [0.2, 0.25) is 0 Å². The molecule has 284 valence electrons. The first-order valence-corrected chi connectivity index (χ1v) is 35.7. The number of thioether (sulfide) groups is 20. The second-order valence-corrected chi connectivity index (χ2v) is 34.7. The van der Waals surface area contributed by atoms with E-state index in [4.69, 9.17) is 0 Å². The van der Waals surface area contributed by atoms with Crippen LogP contribution in [0.5, 0.6) is 0 Å². The van der Waals surface area contributed by atoms with Crippen LogP contribution in [0.25, 0.3) is 0 Å². The minimum Gasteiger partial charge on any atom is -0.121 e. The van der Waals surface area contributed by atoms with Crippen molar-refractivity contribution in [1.29, 1.82) is 0 Å². The summed E-state index contributed by atoms with van der Waals surface area (Å²) in [6.07, 6.45) is 19.5. The van der Waals surface area contributed by atoms with Crippen molar-refractivity contribution in [3.8, 4) is 0 Å². The Morgan fingerprint density at radius 1 is 0.340 bits per heavy atom. The number of allylic oxidation sites excluding steroid dienone is 2. The quantitative estimate of drug-likeness (QED) is 0.226. The third-order valence-corrected chi connectivity index (χ3v) is 37.7. The summed E-state index contributed by atoms with van der Waals surface area (Å²) in [5, 5.41) is 1.37. The molecule has 0 aromatic carbocycles. The van der Waals surface area contributed by atoms with Crippen LogP contribution in [0, 0.1) is 23.7 Å². The second-order valence-electron chi connectivity index (χ2n) is 11.9. The molecule has 6 atom stereocenters.